The summed E-state index contributed by atoms with van der Waals surface area (Å²) < 4.78 is 5.13. The van der Waals surface area contributed by atoms with E-state index in [-0.39, 0.29) is 22.6 Å². The first-order valence-corrected chi connectivity index (χ1v) is 10.1. The first-order valence-electron chi connectivity index (χ1n) is 10.1. The van der Waals surface area contributed by atoms with Crippen LogP contribution in [-0.2, 0) is 9.53 Å². The molecule has 11 heteroatoms. The molecule has 1 saturated heterocycles. The highest BCUT2D eigenvalue weighted by molar-refractivity contribution is 5.99. The Labute approximate surface area is 183 Å². The fraction of sp³-hybridized carbons (Fsp3) is 0.333. The summed E-state index contributed by atoms with van der Waals surface area (Å²) in [6, 6.07) is 9.63. The van der Waals surface area contributed by atoms with E-state index in [9.17, 15) is 29.8 Å². The predicted molar refractivity (Wildman–Crippen MR) is 116 cm³/mol. The zero-order chi connectivity index (χ0) is 23.3. The number of nitrogens with one attached hydrogen (secondary N) is 1. The molecule has 11 nitrogen and oxygen atoms in total. The van der Waals surface area contributed by atoms with Crippen LogP contribution in [0.4, 0.5) is 22.7 Å². The van der Waals surface area contributed by atoms with Crippen LogP contribution in [-0.4, -0.2) is 40.9 Å². The van der Waals surface area contributed by atoms with Crippen LogP contribution >= 0.6 is 0 Å². The molecule has 2 aromatic rings. The van der Waals surface area contributed by atoms with Gasteiger partial charge in [-0.25, -0.2) is 4.79 Å². The number of hydrogen-bond acceptors (Lipinski definition) is 8. The average Bonchev–Trinajstić information content (AvgIpc) is 2.79. The second kappa shape index (κ2) is 9.86. The Morgan fingerprint density at radius 2 is 1.66 bits per heavy atom. The summed E-state index contributed by atoms with van der Waals surface area (Å²) in [5.74, 6) is -1.68. The highest BCUT2D eigenvalue weighted by Crippen LogP contribution is 2.31. The number of benzene rings is 2. The van der Waals surface area contributed by atoms with Crippen molar-refractivity contribution >= 4 is 34.6 Å². The van der Waals surface area contributed by atoms with E-state index in [1.54, 1.807) is 0 Å². The summed E-state index contributed by atoms with van der Waals surface area (Å²) in [6.07, 6.45) is 1.66. The number of ether oxygens (including phenoxy) is 1. The molecule has 3 rings (SSSR count). The van der Waals surface area contributed by atoms with E-state index in [0.717, 1.165) is 25.3 Å². The zero-order valence-corrected chi connectivity index (χ0v) is 17.4. The Balaban J connectivity index is 1.72. The molecule has 1 amide bonds. The Morgan fingerprint density at radius 1 is 1.00 bits per heavy atom. The fourth-order valence-electron chi connectivity index (χ4n) is 3.45. The van der Waals surface area contributed by atoms with Crippen molar-refractivity contribution in [1.29, 1.82) is 0 Å². The summed E-state index contributed by atoms with van der Waals surface area (Å²) >= 11 is 0. The van der Waals surface area contributed by atoms with E-state index >= 15 is 0 Å². The second-order valence-electron chi connectivity index (χ2n) is 7.32. The van der Waals surface area contributed by atoms with Crippen LogP contribution in [0, 0.1) is 20.2 Å². The van der Waals surface area contributed by atoms with Crippen molar-refractivity contribution in [3.63, 3.8) is 0 Å². The predicted octanol–water partition coefficient (Wildman–Crippen LogP) is 3.68. The van der Waals surface area contributed by atoms with Gasteiger partial charge in [0, 0.05) is 25.2 Å². The van der Waals surface area contributed by atoms with Gasteiger partial charge in [-0.3, -0.25) is 25.0 Å². The van der Waals surface area contributed by atoms with Crippen LogP contribution in [0.3, 0.4) is 0 Å². The number of para-hydroxylation sites is 2. The van der Waals surface area contributed by atoms with Crippen LogP contribution in [0.15, 0.2) is 42.5 Å². The largest absolute Gasteiger partial charge is 0.449 e. The smallest absolute Gasteiger partial charge is 0.339 e. The van der Waals surface area contributed by atoms with Gasteiger partial charge in [0.05, 0.1) is 15.4 Å². The van der Waals surface area contributed by atoms with E-state index in [2.05, 4.69) is 5.32 Å². The molecule has 0 spiro atoms. The van der Waals surface area contributed by atoms with Gasteiger partial charge < -0.3 is 15.0 Å². The first kappa shape index (κ1) is 22.7. The minimum absolute atomic E-state index is 0.0353. The molecule has 0 saturated carbocycles. The Bertz CT molecular complexity index is 1050. The molecule has 1 heterocycles. The lowest BCUT2D eigenvalue weighted by Gasteiger charge is -2.28. The van der Waals surface area contributed by atoms with Gasteiger partial charge in [0.1, 0.15) is 11.4 Å². The van der Waals surface area contributed by atoms with Crippen molar-refractivity contribution in [3.8, 4) is 0 Å². The average molecular weight is 442 g/mol. The Kier molecular flexibility index (Phi) is 6.98. The number of rotatable bonds is 7. The van der Waals surface area contributed by atoms with Gasteiger partial charge >= 0.3 is 5.97 Å². The van der Waals surface area contributed by atoms with E-state index in [1.165, 1.54) is 43.3 Å². The summed E-state index contributed by atoms with van der Waals surface area (Å²) in [5.41, 5.74) is -0.176. The number of carbonyl (C=O) groups is 2. The maximum Gasteiger partial charge on any atom is 0.339 e. The minimum atomic E-state index is -1.29. The molecule has 1 aliphatic heterocycles. The van der Waals surface area contributed by atoms with Gasteiger partial charge in [-0.1, -0.05) is 12.1 Å². The molecule has 1 fully saturated rings. The van der Waals surface area contributed by atoms with Gasteiger partial charge in [0.2, 0.25) is 0 Å². The number of anilines is 2. The van der Waals surface area contributed by atoms with Gasteiger partial charge in [0.25, 0.3) is 17.3 Å². The minimum Gasteiger partial charge on any atom is -0.449 e. The normalized spacial score (nSPS) is 14.3. The van der Waals surface area contributed by atoms with Gasteiger partial charge in [-0.05, 0) is 44.4 Å². The number of nitro groups is 2. The number of esters is 1. The molecular formula is C21H22N4O7. The van der Waals surface area contributed by atoms with E-state index < -0.39 is 27.8 Å². The van der Waals surface area contributed by atoms with Crippen LogP contribution in [0.2, 0.25) is 0 Å². The van der Waals surface area contributed by atoms with Crippen LogP contribution < -0.4 is 10.2 Å². The van der Waals surface area contributed by atoms with Crippen molar-refractivity contribution in [2.45, 2.75) is 32.3 Å². The quantitative estimate of drug-likeness (QED) is 0.388. The fourth-order valence-corrected chi connectivity index (χ4v) is 3.45. The highest BCUT2D eigenvalue weighted by Gasteiger charge is 2.26. The van der Waals surface area contributed by atoms with Crippen molar-refractivity contribution < 1.29 is 24.2 Å². The summed E-state index contributed by atoms with van der Waals surface area (Å²) in [7, 11) is 0. The summed E-state index contributed by atoms with van der Waals surface area (Å²) in [4.78, 5) is 48.2. The molecule has 0 unspecified atom stereocenters. The Morgan fingerprint density at radius 3 is 2.31 bits per heavy atom. The number of nitrogens with zero attached hydrogens (tertiary/aromatic N) is 3. The van der Waals surface area contributed by atoms with Gasteiger partial charge in [-0.15, -0.1) is 0 Å². The summed E-state index contributed by atoms with van der Waals surface area (Å²) in [6.45, 7) is 2.71. The molecule has 32 heavy (non-hydrogen) atoms. The standard InChI is InChI=1S/C21H22N4O7/c1-14(20(26)22-16-7-3-4-8-17(16)24(28)29)32-21(27)15-9-10-18(19(13-15)25(30)31)23-11-5-2-6-12-23/h3-4,7-10,13-14H,2,5-6,11-12H2,1H3,(H,22,26)/t14-/m0/s1. The number of piperidine rings is 1. The van der Waals surface area contributed by atoms with Crippen LogP contribution in [0.25, 0.3) is 0 Å². The van der Waals surface area contributed by atoms with Crippen LogP contribution in [0.1, 0.15) is 36.5 Å². The monoisotopic (exact) mass is 442 g/mol. The lowest BCUT2D eigenvalue weighted by Crippen LogP contribution is -2.31. The molecule has 2 aromatic carbocycles. The molecule has 0 aromatic heterocycles. The van der Waals surface area contributed by atoms with Gasteiger partial charge in [-0.2, -0.15) is 0 Å². The van der Waals surface area contributed by atoms with Crippen molar-refractivity contribution in [1.82, 2.24) is 0 Å². The molecule has 1 N–H and O–H groups in total. The van der Waals surface area contributed by atoms with E-state index in [0.29, 0.717) is 18.8 Å². The Hall–Kier alpha value is -4.02. The second-order valence-corrected chi connectivity index (χ2v) is 7.32. The molecule has 0 bridgehead atoms. The SMILES string of the molecule is C[C@H](OC(=O)c1ccc(N2CCCCC2)c([N+](=O)[O-])c1)C(=O)Nc1ccccc1[N+](=O)[O-]. The van der Waals surface area contributed by atoms with Crippen molar-refractivity contribution in [2.24, 2.45) is 0 Å². The zero-order valence-electron chi connectivity index (χ0n) is 17.4. The summed E-state index contributed by atoms with van der Waals surface area (Å²) in [5, 5.41) is 25.0. The topological polar surface area (TPSA) is 145 Å². The molecule has 1 aliphatic rings. The number of amides is 1. The van der Waals surface area contributed by atoms with E-state index in [1.807, 2.05) is 4.90 Å². The molecule has 0 radical (unpaired) electrons. The lowest BCUT2D eigenvalue weighted by molar-refractivity contribution is -0.384. The maximum atomic E-state index is 12.5. The molecule has 0 aliphatic carbocycles. The first-order chi connectivity index (χ1) is 15.3. The third kappa shape index (κ3) is 5.17. The maximum absolute atomic E-state index is 12.5. The number of nitro benzene ring substituents is 2. The molecular weight excluding hydrogens is 420 g/mol. The third-order valence-electron chi connectivity index (χ3n) is 5.12. The van der Waals surface area contributed by atoms with Crippen molar-refractivity contribution in [3.05, 3.63) is 68.3 Å². The number of hydrogen-bond donors (Lipinski definition) is 1. The van der Waals surface area contributed by atoms with E-state index in [4.69, 9.17) is 4.74 Å². The molecule has 168 valence electrons. The van der Waals surface area contributed by atoms with Gasteiger partial charge in [0.15, 0.2) is 6.10 Å². The molecule has 1 atom stereocenters. The van der Waals surface area contributed by atoms with Crippen LogP contribution in [0.5, 0.6) is 0 Å². The number of carbonyl (C=O) groups excluding carboxylic acids is 2. The lowest BCUT2D eigenvalue weighted by atomic mass is 10.1. The third-order valence-corrected chi connectivity index (χ3v) is 5.12. The highest BCUT2D eigenvalue weighted by atomic mass is 16.6. The van der Waals surface area contributed by atoms with Crippen molar-refractivity contribution in [2.75, 3.05) is 23.3 Å².